The molecule has 0 aliphatic heterocycles. The third-order valence-corrected chi connectivity index (χ3v) is 4.76. The van der Waals surface area contributed by atoms with Crippen molar-refractivity contribution in [2.45, 2.75) is 6.92 Å². The molecule has 0 N–H and O–H groups in total. The molecule has 0 spiro atoms. The molecule has 23 heavy (non-hydrogen) atoms. The third kappa shape index (κ3) is 2.92. The van der Waals surface area contributed by atoms with Crippen molar-refractivity contribution in [3.8, 4) is 11.3 Å². The van der Waals surface area contributed by atoms with Gasteiger partial charge < -0.3 is 4.42 Å². The number of pyridine rings is 1. The van der Waals surface area contributed by atoms with E-state index < -0.39 is 10.0 Å². The predicted molar refractivity (Wildman–Crippen MR) is 87.4 cm³/mol. The van der Waals surface area contributed by atoms with Gasteiger partial charge in [-0.2, -0.15) is 4.98 Å². The third-order valence-electron chi connectivity index (χ3n) is 3.60. The number of aromatic nitrogens is 1. The Morgan fingerprint density at radius 3 is 2.43 bits per heavy atom. The normalized spacial score (nSPS) is 11.8. The van der Waals surface area contributed by atoms with Crippen molar-refractivity contribution in [3.63, 3.8) is 0 Å². The minimum atomic E-state index is -3.41. The van der Waals surface area contributed by atoms with Crippen molar-refractivity contribution in [2.24, 2.45) is 0 Å². The fourth-order valence-corrected chi connectivity index (χ4v) is 2.80. The summed E-state index contributed by atoms with van der Waals surface area (Å²) >= 11 is 0. The predicted octanol–water partition coefficient (Wildman–Crippen LogP) is 3.34. The number of hydrogen-bond donors (Lipinski definition) is 0. The topological polar surface area (TPSA) is 63.4 Å². The molecular formula is C16H15FN2O3S. The van der Waals surface area contributed by atoms with Crippen LogP contribution in [0.3, 0.4) is 0 Å². The van der Waals surface area contributed by atoms with Crippen LogP contribution in [0.1, 0.15) is 5.56 Å². The monoisotopic (exact) mass is 334 g/mol. The summed E-state index contributed by atoms with van der Waals surface area (Å²) in [6.45, 7) is 1.79. The molecule has 1 aromatic carbocycles. The highest BCUT2D eigenvalue weighted by Crippen LogP contribution is 2.30. The van der Waals surface area contributed by atoms with E-state index >= 15 is 0 Å². The number of nitrogens with zero attached hydrogens (tertiary/aromatic N) is 2. The Labute approximate surface area is 133 Å². The molecule has 3 rings (SSSR count). The lowest BCUT2D eigenvalue weighted by Crippen LogP contribution is -2.26. The molecule has 0 saturated carbocycles. The lowest BCUT2D eigenvalue weighted by molar-refractivity contribution is 0.599. The van der Waals surface area contributed by atoms with E-state index in [0.717, 1.165) is 27.1 Å². The smallest absolute Gasteiger partial charge is 0.233 e. The number of aryl methyl sites for hydroxylation is 1. The lowest BCUT2D eigenvalue weighted by atomic mass is 10.1. The maximum absolute atomic E-state index is 13.0. The molecule has 0 aliphatic carbocycles. The summed E-state index contributed by atoms with van der Waals surface area (Å²) in [7, 11) is -1.96. The van der Waals surface area contributed by atoms with Crippen molar-refractivity contribution < 1.29 is 17.2 Å². The van der Waals surface area contributed by atoms with Crippen LogP contribution >= 0.6 is 0 Å². The van der Waals surface area contributed by atoms with E-state index in [-0.39, 0.29) is 5.82 Å². The first-order valence-corrected chi connectivity index (χ1v) is 8.71. The number of furan rings is 1. The molecule has 0 unspecified atom stereocenters. The molecule has 5 nitrogen and oxygen atoms in total. The Hall–Kier alpha value is -2.41. The summed E-state index contributed by atoms with van der Waals surface area (Å²) in [5.41, 5.74) is 1.78. The summed E-state index contributed by atoms with van der Waals surface area (Å²) in [6, 6.07) is 9.55. The second-order valence-corrected chi connectivity index (χ2v) is 7.39. The second kappa shape index (κ2) is 5.34. The Morgan fingerprint density at radius 2 is 1.83 bits per heavy atom. The summed E-state index contributed by atoms with van der Waals surface area (Å²) in [4.78, 5) is 4.31. The van der Waals surface area contributed by atoms with E-state index in [1.165, 1.54) is 19.2 Å². The molecule has 2 aromatic heterocycles. The minimum absolute atomic E-state index is 0.319. The zero-order valence-corrected chi connectivity index (χ0v) is 13.7. The van der Waals surface area contributed by atoms with E-state index in [1.54, 1.807) is 25.1 Å². The van der Waals surface area contributed by atoms with Gasteiger partial charge in [0.1, 0.15) is 17.4 Å². The number of rotatable bonds is 3. The number of fused-ring (bicyclic) bond motifs is 1. The van der Waals surface area contributed by atoms with Crippen molar-refractivity contribution >= 4 is 26.9 Å². The van der Waals surface area contributed by atoms with Gasteiger partial charge in [-0.25, -0.2) is 12.8 Å². The van der Waals surface area contributed by atoms with Gasteiger partial charge in [-0.1, -0.05) is 0 Å². The standard InChI is InChI=1S/C16H15FN2O3S/c1-10-8-12-9-14(11-4-6-13(17)7-5-11)22-16(12)18-15(10)19(2)23(3,20)21/h4-9H,1-3H3. The van der Waals surface area contributed by atoms with Crippen LogP contribution in [0.4, 0.5) is 10.2 Å². The average molecular weight is 334 g/mol. The molecule has 0 amide bonds. The van der Waals surface area contributed by atoms with E-state index in [1.807, 2.05) is 6.07 Å². The van der Waals surface area contributed by atoms with Gasteiger partial charge in [-0.05, 0) is 48.9 Å². The van der Waals surface area contributed by atoms with Crippen molar-refractivity contribution in [1.82, 2.24) is 4.98 Å². The Bertz CT molecular complexity index is 978. The minimum Gasteiger partial charge on any atom is -0.438 e. The largest absolute Gasteiger partial charge is 0.438 e. The number of hydrogen-bond acceptors (Lipinski definition) is 4. The molecular weight excluding hydrogens is 319 g/mol. The average Bonchev–Trinajstić information content (AvgIpc) is 2.88. The number of halogens is 1. The molecule has 0 radical (unpaired) electrons. The highest BCUT2D eigenvalue weighted by Gasteiger charge is 2.18. The summed E-state index contributed by atoms with van der Waals surface area (Å²) in [6.07, 6.45) is 1.12. The van der Waals surface area contributed by atoms with Gasteiger partial charge in [-0.15, -0.1) is 0 Å². The van der Waals surface area contributed by atoms with Gasteiger partial charge in [0.15, 0.2) is 0 Å². The Morgan fingerprint density at radius 1 is 1.17 bits per heavy atom. The number of benzene rings is 1. The van der Waals surface area contributed by atoms with Crippen molar-refractivity contribution in [2.75, 3.05) is 17.6 Å². The first kappa shape index (κ1) is 15.5. The van der Waals surface area contributed by atoms with Crippen molar-refractivity contribution in [1.29, 1.82) is 0 Å². The van der Waals surface area contributed by atoms with E-state index in [0.29, 0.717) is 17.3 Å². The lowest BCUT2D eigenvalue weighted by Gasteiger charge is -2.17. The summed E-state index contributed by atoms with van der Waals surface area (Å²) < 4.78 is 43.2. The van der Waals surface area contributed by atoms with E-state index in [9.17, 15) is 12.8 Å². The Kier molecular flexibility index (Phi) is 3.60. The van der Waals surface area contributed by atoms with Crippen LogP contribution in [0.2, 0.25) is 0 Å². The van der Waals surface area contributed by atoms with Crippen LogP contribution in [0, 0.1) is 12.7 Å². The van der Waals surface area contributed by atoms with Gasteiger partial charge >= 0.3 is 0 Å². The van der Waals surface area contributed by atoms with Gasteiger partial charge in [0.2, 0.25) is 15.7 Å². The highest BCUT2D eigenvalue weighted by molar-refractivity contribution is 7.92. The number of sulfonamides is 1. The van der Waals surface area contributed by atoms with Crippen LogP contribution in [0.15, 0.2) is 40.8 Å². The molecule has 120 valence electrons. The second-order valence-electron chi connectivity index (χ2n) is 5.37. The van der Waals surface area contributed by atoms with Crippen LogP contribution in [0.5, 0.6) is 0 Å². The maximum Gasteiger partial charge on any atom is 0.233 e. The SMILES string of the molecule is Cc1cc2cc(-c3ccc(F)cc3)oc2nc1N(C)S(C)(=O)=O. The maximum atomic E-state index is 13.0. The first-order valence-electron chi connectivity index (χ1n) is 6.87. The molecule has 0 bridgehead atoms. The van der Waals surface area contributed by atoms with Crippen molar-refractivity contribution in [3.05, 3.63) is 47.8 Å². The first-order chi connectivity index (χ1) is 10.8. The molecule has 0 aliphatic rings. The van der Waals surface area contributed by atoms with Crippen LogP contribution in [-0.2, 0) is 10.0 Å². The van der Waals surface area contributed by atoms with Crippen LogP contribution in [-0.4, -0.2) is 26.7 Å². The fourth-order valence-electron chi connectivity index (χ4n) is 2.30. The Balaban J connectivity index is 2.12. The summed E-state index contributed by atoms with van der Waals surface area (Å²) in [5, 5.41) is 0.757. The molecule has 3 aromatic rings. The van der Waals surface area contributed by atoms with Gasteiger partial charge in [0.25, 0.3) is 0 Å². The molecule has 7 heteroatoms. The van der Waals surface area contributed by atoms with E-state index in [4.69, 9.17) is 4.42 Å². The quantitative estimate of drug-likeness (QED) is 0.737. The van der Waals surface area contributed by atoms with Gasteiger partial charge in [0.05, 0.1) is 6.26 Å². The van der Waals surface area contributed by atoms with Crippen LogP contribution in [0.25, 0.3) is 22.4 Å². The van der Waals surface area contributed by atoms with Gasteiger partial charge in [-0.3, -0.25) is 4.31 Å². The van der Waals surface area contributed by atoms with Gasteiger partial charge in [0, 0.05) is 18.0 Å². The zero-order valence-electron chi connectivity index (χ0n) is 12.9. The summed E-state index contributed by atoms with van der Waals surface area (Å²) in [5.74, 6) is 0.543. The molecule has 0 saturated heterocycles. The molecule has 0 atom stereocenters. The molecule has 0 fully saturated rings. The zero-order chi connectivity index (χ0) is 16.8. The fraction of sp³-hybridized carbons (Fsp3) is 0.188. The highest BCUT2D eigenvalue weighted by atomic mass is 32.2. The van der Waals surface area contributed by atoms with E-state index in [2.05, 4.69) is 4.98 Å². The molecule has 2 heterocycles. The number of anilines is 1. The van der Waals surface area contributed by atoms with Crippen LogP contribution < -0.4 is 4.31 Å².